The molecule has 4 atom stereocenters. The number of carbonyl (C=O) groups is 1. The molecular formula is C54H103NO5. The second-order valence-electron chi connectivity index (χ2n) is 18.2. The number of allylic oxidation sites excluding steroid dienone is 6. The molecule has 0 aliphatic carbocycles. The Morgan fingerprint density at radius 3 is 1.05 bits per heavy atom. The van der Waals surface area contributed by atoms with E-state index >= 15 is 0 Å². The third-order valence-electron chi connectivity index (χ3n) is 12.3. The summed E-state index contributed by atoms with van der Waals surface area (Å²) in [5.41, 5.74) is 0. The number of nitrogens with one attached hydrogen (secondary N) is 1. The fourth-order valence-corrected chi connectivity index (χ4v) is 8.14. The average Bonchev–Trinajstić information content (AvgIpc) is 3.25. The van der Waals surface area contributed by atoms with Crippen molar-refractivity contribution >= 4 is 5.91 Å². The summed E-state index contributed by atoms with van der Waals surface area (Å²) in [7, 11) is 0. The van der Waals surface area contributed by atoms with E-state index in [0.717, 1.165) is 51.4 Å². The van der Waals surface area contributed by atoms with Crippen molar-refractivity contribution in [3.63, 3.8) is 0 Å². The molecular weight excluding hydrogens is 743 g/mol. The van der Waals surface area contributed by atoms with Crippen molar-refractivity contribution in [2.45, 2.75) is 295 Å². The first-order valence-electron chi connectivity index (χ1n) is 26.4. The van der Waals surface area contributed by atoms with Gasteiger partial charge in [0.2, 0.25) is 5.91 Å². The van der Waals surface area contributed by atoms with E-state index in [4.69, 9.17) is 0 Å². The molecule has 1 amide bonds. The summed E-state index contributed by atoms with van der Waals surface area (Å²) >= 11 is 0. The Hall–Kier alpha value is -1.47. The third kappa shape index (κ3) is 41.9. The standard InChI is InChI=1S/C54H103NO5/c1-3-5-7-9-11-13-15-17-19-20-21-22-23-24-25-26-27-28-29-30-31-32-34-35-37-39-41-43-45-47-51(57)53(59)50(49-56)55-54(60)52(58)48-46-44-42-40-38-36-33-18-16-14-12-10-8-6-4-2/h28-29,32,34,39,41,50-53,56-59H,3-27,30-31,33,35-38,40,42-49H2,1-2H3,(H,55,60)/b29-28+,34-32+,41-39+. The molecule has 0 aromatic heterocycles. The topological polar surface area (TPSA) is 110 Å². The Kier molecular flexibility index (Phi) is 47.4. The minimum atomic E-state index is -1.29. The number of aliphatic hydroxyl groups excluding tert-OH is 4. The molecule has 354 valence electrons. The Bertz CT molecular complexity index is 950. The molecule has 0 aliphatic heterocycles. The van der Waals surface area contributed by atoms with Crippen molar-refractivity contribution in [1.82, 2.24) is 5.32 Å². The van der Waals surface area contributed by atoms with Crippen LogP contribution in [0.25, 0.3) is 0 Å². The molecule has 60 heavy (non-hydrogen) atoms. The molecule has 0 spiro atoms. The quantitative estimate of drug-likeness (QED) is 0.0309. The molecule has 0 heterocycles. The first-order chi connectivity index (χ1) is 29.5. The minimum Gasteiger partial charge on any atom is -0.394 e. The molecule has 0 aromatic rings. The van der Waals surface area contributed by atoms with Crippen molar-refractivity contribution in [3.8, 4) is 0 Å². The van der Waals surface area contributed by atoms with E-state index in [-0.39, 0.29) is 0 Å². The van der Waals surface area contributed by atoms with Crippen molar-refractivity contribution in [3.05, 3.63) is 36.5 Å². The minimum absolute atomic E-state index is 0.361. The number of rotatable bonds is 48. The molecule has 0 bridgehead atoms. The van der Waals surface area contributed by atoms with Crippen molar-refractivity contribution in [2.75, 3.05) is 6.61 Å². The predicted molar refractivity (Wildman–Crippen MR) is 260 cm³/mol. The summed E-state index contributed by atoms with van der Waals surface area (Å²) < 4.78 is 0. The summed E-state index contributed by atoms with van der Waals surface area (Å²) in [5.74, 6) is -0.597. The second kappa shape index (κ2) is 48.6. The van der Waals surface area contributed by atoms with E-state index in [1.54, 1.807) is 0 Å². The van der Waals surface area contributed by atoms with Gasteiger partial charge in [-0.3, -0.25) is 4.79 Å². The summed E-state index contributed by atoms with van der Waals surface area (Å²) in [4.78, 5) is 12.5. The molecule has 5 N–H and O–H groups in total. The van der Waals surface area contributed by atoms with Gasteiger partial charge in [-0.05, 0) is 64.2 Å². The van der Waals surface area contributed by atoms with Gasteiger partial charge < -0.3 is 25.7 Å². The number of carbonyl (C=O) groups excluding carboxylic acids is 1. The molecule has 0 saturated carbocycles. The molecule has 6 heteroatoms. The van der Waals surface area contributed by atoms with E-state index in [1.165, 1.54) is 186 Å². The number of unbranched alkanes of at least 4 members (excludes halogenated alkanes) is 33. The fourth-order valence-electron chi connectivity index (χ4n) is 8.14. The molecule has 0 fully saturated rings. The van der Waals surface area contributed by atoms with E-state index in [1.807, 2.05) is 0 Å². The zero-order chi connectivity index (χ0) is 43.8. The first kappa shape index (κ1) is 58.5. The van der Waals surface area contributed by atoms with Gasteiger partial charge in [-0.25, -0.2) is 0 Å². The van der Waals surface area contributed by atoms with E-state index in [9.17, 15) is 25.2 Å². The van der Waals surface area contributed by atoms with Crippen LogP contribution in [0.3, 0.4) is 0 Å². The highest BCUT2D eigenvalue weighted by atomic mass is 16.3. The second-order valence-corrected chi connectivity index (χ2v) is 18.2. The van der Waals surface area contributed by atoms with Crippen LogP contribution >= 0.6 is 0 Å². The zero-order valence-electron chi connectivity index (χ0n) is 40.0. The highest BCUT2D eigenvalue weighted by Gasteiger charge is 2.28. The lowest BCUT2D eigenvalue weighted by Gasteiger charge is -2.27. The number of amides is 1. The maximum Gasteiger partial charge on any atom is 0.249 e. The zero-order valence-corrected chi connectivity index (χ0v) is 40.0. The molecule has 0 saturated heterocycles. The van der Waals surface area contributed by atoms with Gasteiger partial charge in [0.25, 0.3) is 0 Å². The maximum atomic E-state index is 12.5. The summed E-state index contributed by atoms with van der Waals surface area (Å²) in [6.45, 7) is 4.05. The van der Waals surface area contributed by atoms with Gasteiger partial charge in [0.1, 0.15) is 12.2 Å². The van der Waals surface area contributed by atoms with Gasteiger partial charge in [0.15, 0.2) is 0 Å². The van der Waals surface area contributed by atoms with Crippen LogP contribution < -0.4 is 5.32 Å². The summed E-state index contributed by atoms with van der Waals surface area (Å²) in [6, 6.07) is -1.01. The van der Waals surface area contributed by atoms with Crippen LogP contribution in [0.5, 0.6) is 0 Å². The predicted octanol–water partition coefficient (Wildman–Crippen LogP) is 14.9. The van der Waals surface area contributed by atoms with Crippen molar-refractivity contribution in [2.24, 2.45) is 0 Å². The highest BCUT2D eigenvalue weighted by molar-refractivity contribution is 5.80. The lowest BCUT2D eigenvalue weighted by molar-refractivity contribution is -0.132. The lowest BCUT2D eigenvalue weighted by atomic mass is 10.00. The molecule has 6 nitrogen and oxygen atoms in total. The Morgan fingerprint density at radius 2 is 0.700 bits per heavy atom. The normalized spacial score (nSPS) is 14.2. The Balaban J connectivity index is 3.71. The van der Waals surface area contributed by atoms with Crippen LogP contribution in [0.1, 0.15) is 271 Å². The number of hydrogen-bond donors (Lipinski definition) is 5. The van der Waals surface area contributed by atoms with E-state index in [2.05, 4.69) is 55.6 Å². The average molecular weight is 846 g/mol. The molecule has 4 unspecified atom stereocenters. The molecule has 0 radical (unpaired) electrons. The van der Waals surface area contributed by atoms with Crippen LogP contribution in [-0.4, -0.2) is 57.3 Å². The van der Waals surface area contributed by atoms with Gasteiger partial charge >= 0.3 is 0 Å². The van der Waals surface area contributed by atoms with Crippen molar-refractivity contribution in [1.29, 1.82) is 0 Å². The highest BCUT2D eigenvalue weighted by Crippen LogP contribution is 2.17. The van der Waals surface area contributed by atoms with Gasteiger partial charge in [-0.2, -0.15) is 0 Å². The Morgan fingerprint density at radius 1 is 0.400 bits per heavy atom. The Labute approximate surface area is 373 Å². The van der Waals surface area contributed by atoms with Crippen LogP contribution in [0.15, 0.2) is 36.5 Å². The monoisotopic (exact) mass is 846 g/mol. The summed E-state index contributed by atoms with van der Waals surface area (Å²) in [5, 5.41) is 43.8. The van der Waals surface area contributed by atoms with Gasteiger partial charge in [-0.15, -0.1) is 0 Å². The van der Waals surface area contributed by atoms with E-state index in [0.29, 0.717) is 19.3 Å². The van der Waals surface area contributed by atoms with Gasteiger partial charge in [-0.1, -0.05) is 243 Å². The number of aliphatic hydroxyl groups is 4. The maximum absolute atomic E-state index is 12.5. The van der Waals surface area contributed by atoms with Crippen molar-refractivity contribution < 1.29 is 25.2 Å². The fraction of sp³-hybridized carbons (Fsp3) is 0.870. The van der Waals surface area contributed by atoms with Crippen LogP contribution in [0.4, 0.5) is 0 Å². The number of hydrogen-bond acceptors (Lipinski definition) is 5. The molecule has 0 rings (SSSR count). The van der Waals surface area contributed by atoms with Crippen LogP contribution in [0, 0.1) is 0 Å². The largest absolute Gasteiger partial charge is 0.394 e. The van der Waals surface area contributed by atoms with Gasteiger partial charge in [0, 0.05) is 0 Å². The smallest absolute Gasteiger partial charge is 0.249 e. The summed E-state index contributed by atoms with van der Waals surface area (Å²) in [6.07, 6.45) is 59.2. The molecule has 0 aliphatic rings. The molecule has 0 aromatic carbocycles. The van der Waals surface area contributed by atoms with Gasteiger partial charge in [0.05, 0.1) is 18.8 Å². The SMILES string of the molecule is CCCCCCCCCCCCCCCCCC/C=C/CC/C=C/CC/C=C/CCCC(O)C(O)C(CO)NC(=O)C(O)CCCCCCCCCCCCCCCCC. The van der Waals surface area contributed by atoms with E-state index < -0.39 is 36.9 Å². The van der Waals surface area contributed by atoms with Crippen LogP contribution in [-0.2, 0) is 4.79 Å². The van der Waals surface area contributed by atoms with Crippen LogP contribution in [0.2, 0.25) is 0 Å². The lowest BCUT2D eigenvalue weighted by Crippen LogP contribution is -2.53. The first-order valence-corrected chi connectivity index (χ1v) is 26.4. The third-order valence-corrected chi connectivity index (χ3v) is 12.3.